The topological polar surface area (TPSA) is 54.9 Å². The van der Waals surface area contributed by atoms with Crippen LogP contribution >= 0.6 is 22.9 Å². The molecule has 0 spiro atoms. The predicted molar refractivity (Wildman–Crippen MR) is 88.6 cm³/mol. The Labute approximate surface area is 136 Å². The molecule has 0 saturated heterocycles. The van der Waals surface area contributed by atoms with Gasteiger partial charge in [-0.25, -0.2) is 4.98 Å². The van der Waals surface area contributed by atoms with E-state index in [-0.39, 0.29) is 5.91 Å². The Morgan fingerprint density at radius 3 is 2.86 bits per heavy atom. The molecule has 6 heteroatoms. The average molecular weight is 330 g/mol. The zero-order valence-electron chi connectivity index (χ0n) is 11.5. The summed E-state index contributed by atoms with van der Waals surface area (Å²) in [4.78, 5) is 21.3. The minimum Gasteiger partial charge on any atom is -0.296 e. The number of halogens is 1. The number of hydrogen-bond acceptors (Lipinski definition) is 4. The maximum absolute atomic E-state index is 12.0. The summed E-state index contributed by atoms with van der Waals surface area (Å²) in [6, 6.07) is 12.9. The van der Waals surface area contributed by atoms with Gasteiger partial charge >= 0.3 is 0 Å². The van der Waals surface area contributed by atoms with Crippen molar-refractivity contribution in [3.8, 4) is 0 Å². The van der Waals surface area contributed by atoms with Crippen molar-refractivity contribution in [2.45, 2.75) is 6.42 Å². The van der Waals surface area contributed by atoms with E-state index in [1.165, 1.54) is 11.3 Å². The van der Waals surface area contributed by atoms with Crippen LogP contribution in [0, 0.1) is 0 Å². The van der Waals surface area contributed by atoms with Crippen molar-refractivity contribution in [3.63, 3.8) is 0 Å². The van der Waals surface area contributed by atoms with Gasteiger partial charge < -0.3 is 0 Å². The Morgan fingerprint density at radius 1 is 1.18 bits per heavy atom. The van der Waals surface area contributed by atoms with Gasteiger partial charge in [0.05, 0.1) is 0 Å². The van der Waals surface area contributed by atoms with Crippen LogP contribution < -0.4 is 5.32 Å². The molecule has 22 heavy (non-hydrogen) atoms. The normalized spacial score (nSPS) is 10.4. The fourth-order valence-electron chi connectivity index (χ4n) is 1.95. The van der Waals surface area contributed by atoms with Gasteiger partial charge in [-0.2, -0.15) is 0 Å². The Balaban J connectivity index is 1.68. The molecule has 0 radical (unpaired) electrons. The van der Waals surface area contributed by atoms with E-state index in [1.807, 2.05) is 24.3 Å². The molecule has 3 rings (SSSR count). The molecule has 3 aromatic rings. The number of thiazole rings is 1. The van der Waals surface area contributed by atoms with E-state index in [2.05, 4.69) is 15.3 Å². The average Bonchev–Trinajstić information content (AvgIpc) is 2.95. The van der Waals surface area contributed by atoms with Crippen LogP contribution in [0.3, 0.4) is 0 Å². The number of benzene rings is 1. The SMILES string of the molecule is O=C(Nc1ncc(Cc2cccc(Cl)c2)s1)c1ccccn1. The Kier molecular flexibility index (Phi) is 4.46. The fourth-order valence-corrected chi connectivity index (χ4v) is 3.01. The van der Waals surface area contributed by atoms with Gasteiger partial charge in [0.15, 0.2) is 5.13 Å². The van der Waals surface area contributed by atoms with Crippen molar-refractivity contribution < 1.29 is 4.79 Å². The van der Waals surface area contributed by atoms with Gasteiger partial charge in [-0.05, 0) is 29.8 Å². The number of aromatic nitrogens is 2. The van der Waals surface area contributed by atoms with Gasteiger partial charge in [-0.1, -0.05) is 29.8 Å². The molecule has 2 aromatic heterocycles. The highest BCUT2D eigenvalue weighted by Crippen LogP contribution is 2.22. The van der Waals surface area contributed by atoms with Crippen LogP contribution in [0.1, 0.15) is 20.9 Å². The second kappa shape index (κ2) is 6.68. The molecule has 2 heterocycles. The zero-order valence-corrected chi connectivity index (χ0v) is 13.1. The van der Waals surface area contributed by atoms with Crippen LogP contribution in [0.4, 0.5) is 5.13 Å². The second-order valence-electron chi connectivity index (χ2n) is 4.61. The lowest BCUT2D eigenvalue weighted by Gasteiger charge is -2.00. The monoisotopic (exact) mass is 329 g/mol. The molecular formula is C16H12ClN3OS. The highest BCUT2D eigenvalue weighted by atomic mass is 35.5. The van der Waals surface area contributed by atoms with E-state index in [4.69, 9.17) is 11.6 Å². The van der Waals surface area contributed by atoms with E-state index in [1.54, 1.807) is 30.6 Å². The summed E-state index contributed by atoms with van der Waals surface area (Å²) in [5.41, 5.74) is 1.48. The van der Waals surface area contributed by atoms with Gasteiger partial charge in [0, 0.05) is 28.7 Å². The molecule has 0 atom stereocenters. The van der Waals surface area contributed by atoms with Crippen molar-refractivity contribution in [1.82, 2.24) is 9.97 Å². The third-order valence-electron chi connectivity index (χ3n) is 2.94. The molecule has 1 aromatic carbocycles. The minimum atomic E-state index is -0.260. The molecular weight excluding hydrogens is 318 g/mol. The standard InChI is InChI=1S/C16H12ClN3OS/c17-12-5-3-4-11(8-12)9-13-10-19-16(22-13)20-15(21)14-6-1-2-7-18-14/h1-8,10H,9H2,(H,19,20,21). The van der Waals surface area contributed by atoms with Gasteiger partial charge in [-0.15, -0.1) is 11.3 Å². The van der Waals surface area contributed by atoms with Crippen molar-refractivity contribution in [1.29, 1.82) is 0 Å². The third kappa shape index (κ3) is 3.69. The van der Waals surface area contributed by atoms with Crippen LogP contribution in [-0.2, 0) is 6.42 Å². The summed E-state index contributed by atoms with van der Waals surface area (Å²) in [5, 5.41) is 4.03. The molecule has 0 aliphatic heterocycles. The highest BCUT2D eigenvalue weighted by Gasteiger charge is 2.10. The third-order valence-corrected chi connectivity index (χ3v) is 4.09. The molecule has 0 fully saturated rings. The molecule has 1 amide bonds. The molecule has 0 aliphatic rings. The lowest BCUT2D eigenvalue weighted by atomic mass is 10.1. The fraction of sp³-hybridized carbons (Fsp3) is 0.0625. The number of rotatable bonds is 4. The number of anilines is 1. The van der Waals surface area contributed by atoms with Crippen molar-refractivity contribution in [2.75, 3.05) is 5.32 Å². The Bertz CT molecular complexity index is 789. The van der Waals surface area contributed by atoms with E-state index in [9.17, 15) is 4.79 Å². The molecule has 0 saturated carbocycles. The first-order chi connectivity index (χ1) is 10.7. The van der Waals surface area contributed by atoms with Crippen LogP contribution in [-0.4, -0.2) is 15.9 Å². The first-order valence-corrected chi connectivity index (χ1v) is 7.82. The van der Waals surface area contributed by atoms with Crippen LogP contribution in [0.5, 0.6) is 0 Å². The van der Waals surface area contributed by atoms with Crippen LogP contribution in [0.15, 0.2) is 54.9 Å². The molecule has 0 bridgehead atoms. The van der Waals surface area contributed by atoms with Crippen molar-refractivity contribution >= 4 is 34.0 Å². The first kappa shape index (κ1) is 14.7. The summed E-state index contributed by atoms with van der Waals surface area (Å²) in [6.07, 6.45) is 4.08. The number of hydrogen-bond donors (Lipinski definition) is 1. The van der Waals surface area contributed by atoms with Gasteiger partial charge in [0.2, 0.25) is 0 Å². The number of carbonyl (C=O) groups is 1. The number of carbonyl (C=O) groups excluding carboxylic acids is 1. The lowest BCUT2D eigenvalue weighted by molar-refractivity contribution is 0.102. The summed E-state index contributed by atoms with van der Waals surface area (Å²) < 4.78 is 0. The van der Waals surface area contributed by atoms with Crippen molar-refractivity contribution in [2.24, 2.45) is 0 Å². The molecule has 1 N–H and O–H groups in total. The molecule has 0 unspecified atom stereocenters. The quantitative estimate of drug-likeness (QED) is 0.786. The first-order valence-electron chi connectivity index (χ1n) is 6.62. The molecule has 0 aliphatic carbocycles. The number of amides is 1. The molecule has 110 valence electrons. The lowest BCUT2D eigenvalue weighted by Crippen LogP contribution is -2.12. The predicted octanol–water partition coefficient (Wildman–Crippen LogP) is 4.03. The molecule has 4 nitrogen and oxygen atoms in total. The summed E-state index contributed by atoms with van der Waals surface area (Å²) in [7, 11) is 0. The second-order valence-corrected chi connectivity index (χ2v) is 6.16. The van der Waals surface area contributed by atoms with E-state index in [0.29, 0.717) is 15.8 Å². The van der Waals surface area contributed by atoms with Gasteiger partial charge in [-0.3, -0.25) is 15.1 Å². The van der Waals surface area contributed by atoms with E-state index < -0.39 is 0 Å². The maximum atomic E-state index is 12.0. The number of nitrogens with one attached hydrogen (secondary N) is 1. The number of pyridine rings is 1. The van der Waals surface area contributed by atoms with Gasteiger partial charge in [0.1, 0.15) is 5.69 Å². The summed E-state index contributed by atoms with van der Waals surface area (Å²) >= 11 is 7.42. The van der Waals surface area contributed by atoms with Gasteiger partial charge in [0.25, 0.3) is 5.91 Å². The van der Waals surface area contributed by atoms with Crippen LogP contribution in [0.2, 0.25) is 5.02 Å². The largest absolute Gasteiger partial charge is 0.296 e. The minimum absolute atomic E-state index is 0.260. The zero-order chi connectivity index (χ0) is 15.4. The van der Waals surface area contributed by atoms with Crippen LogP contribution in [0.25, 0.3) is 0 Å². The van der Waals surface area contributed by atoms with E-state index >= 15 is 0 Å². The number of nitrogens with zero attached hydrogens (tertiary/aromatic N) is 2. The highest BCUT2D eigenvalue weighted by molar-refractivity contribution is 7.15. The van der Waals surface area contributed by atoms with Crippen molar-refractivity contribution in [3.05, 3.63) is 76.0 Å². The van der Waals surface area contributed by atoms with E-state index in [0.717, 1.165) is 16.9 Å². The maximum Gasteiger partial charge on any atom is 0.276 e. The Morgan fingerprint density at radius 2 is 2.09 bits per heavy atom. The summed E-state index contributed by atoms with van der Waals surface area (Å²) in [6.45, 7) is 0. The Hall–Kier alpha value is -2.24. The summed E-state index contributed by atoms with van der Waals surface area (Å²) in [5.74, 6) is -0.260. The smallest absolute Gasteiger partial charge is 0.276 e.